The van der Waals surface area contributed by atoms with Gasteiger partial charge in [0.1, 0.15) is 11.3 Å². The molecule has 8 heteroatoms. The average molecular weight is 343 g/mol. The number of anilines is 1. The molecule has 0 N–H and O–H groups in total. The number of imidazole rings is 1. The van der Waals surface area contributed by atoms with Gasteiger partial charge in [-0.15, -0.1) is 0 Å². The van der Waals surface area contributed by atoms with Crippen molar-refractivity contribution in [2.24, 2.45) is 5.18 Å². The lowest BCUT2D eigenvalue weighted by atomic mass is 10.1. The van der Waals surface area contributed by atoms with E-state index in [0.717, 1.165) is 23.9 Å². The van der Waals surface area contributed by atoms with E-state index in [1.54, 1.807) is 12.5 Å². The summed E-state index contributed by atoms with van der Waals surface area (Å²) in [5.41, 5.74) is 1.82. The fourth-order valence-electron chi connectivity index (χ4n) is 2.97. The number of halogens is 1. The van der Waals surface area contributed by atoms with Crippen LogP contribution in [-0.2, 0) is 0 Å². The lowest BCUT2D eigenvalue weighted by molar-refractivity contribution is 0.495. The van der Waals surface area contributed by atoms with E-state index >= 15 is 0 Å². The average Bonchev–Trinajstić information content (AvgIpc) is 3.06. The first-order valence-electron chi connectivity index (χ1n) is 7.78. The van der Waals surface area contributed by atoms with Crippen molar-refractivity contribution in [3.63, 3.8) is 0 Å². The Balaban J connectivity index is 1.71. The summed E-state index contributed by atoms with van der Waals surface area (Å²) >= 11 is 6.32. The van der Waals surface area contributed by atoms with E-state index in [0.29, 0.717) is 29.9 Å². The normalized spacial score (nSPS) is 15.8. The summed E-state index contributed by atoms with van der Waals surface area (Å²) in [4.78, 5) is 26.1. The Morgan fingerprint density at radius 2 is 1.96 bits per heavy atom. The van der Waals surface area contributed by atoms with Gasteiger partial charge < -0.3 is 4.90 Å². The first-order valence-corrected chi connectivity index (χ1v) is 8.16. The van der Waals surface area contributed by atoms with Crippen LogP contribution in [0.5, 0.6) is 0 Å². The second kappa shape index (κ2) is 6.16. The molecule has 0 spiro atoms. The Kier molecular flexibility index (Phi) is 3.86. The largest absolute Gasteiger partial charge is 0.341 e. The molecule has 0 unspecified atom stereocenters. The van der Waals surface area contributed by atoms with Crippen LogP contribution in [0, 0.1) is 4.91 Å². The third kappa shape index (κ3) is 2.60. The number of piperidine rings is 1. The van der Waals surface area contributed by atoms with Crippen molar-refractivity contribution in [1.29, 1.82) is 0 Å². The van der Waals surface area contributed by atoms with E-state index in [1.165, 1.54) is 0 Å². The second-order valence-corrected chi connectivity index (χ2v) is 6.18. The molecule has 3 aromatic rings. The molecule has 1 aromatic carbocycles. The zero-order valence-electron chi connectivity index (χ0n) is 12.8. The molecule has 1 fully saturated rings. The highest BCUT2D eigenvalue weighted by atomic mass is 35.5. The third-order valence-corrected chi connectivity index (χ3v) is 4.56. The third-order valence-electron chi connectivity index (χ3n) is 4.29. The van der Waals surface area contributed by atoms with Crippen molar-refractivity contribution in [1.82, 2.24) is 19.5 Å². The topological polar surface area (TPSA) is 76.3 Å². The second-order valence-electron chi connectivity index (χ2n) is 5.77. The van der Waals surface area contributed by atoms with Crippen molar-refractivity contribution in [2.75, 3.05) is 18.0 Å². The van der Waals surface area contributed by atoms with Gasteiger partial charge in [-0.2, -0.15) is 9.89 Å². The Labute approximate surface area is 143 Å². The summed E-state index contributed by atoms with van der Waals surface area (Å²) in [7, 11) is 0. The minimum absolute atomic E-state index is 0.106. The van der Waals surface area contributed by atoms with Crippen LogP contribution < -0.4 is 4.90 Å². The summed E-state index contributed by atoms with van der Waals surface area (Å²) in [6.07, 6.45) is 4.76. The summed E-state index contributed by atoms with van der Waals surface area (Å²) in [6, 6.07) is 7.71. The number of para-hydroxylation sites is 2. The van der Waals surface area contributed by atoms with Crippen molar-refractivity contribution in [3.05, 3.63) is 46.7 Å². The van der Waals surface area contributed by atoms with Gasteiger partial charge >= 0.3 is 0 Å². The van der Waals surface area contributed by atoms with E-state index < -0.39 is 0 Å². The predicted molar refractivity (Wildman–Crippen MR) is 92.7 cm³/mol. The fourth-order valence-corrected chi connectivity index (χ4v) is 3.15. The highest BCUT2D eigenvalue weighted by Gasteiger charge is 2.22. The minimum atomic E-state index is -0.106. The lowest BCUT2D eigenvalue weighted by Gasteiger charge is -2.29. The number of benzene rings is 1. The van der Waals surface area contributed by atoms with Crippen molar-refractivity contribution < 1.29 is 0 Å². The molecule has 1 aliphatic heterocycles. The van der Waals surface area contributed by atoms with Crippen LogP contribution >= 0.6 is 11.6 Å². The van der Waals surface area contributed by atoms with Crippen LogP contribution in [-0.4, -0.2) is 38.7 Å². The zero-order chi connectivity index (χ0) is 16.5. The Bertz CT molecular complexity index is 887. The molecule has 0 atom stereocenters. The summed E-state index contributed by atoms with van der Waals surface area (Å²) in [5.74, 6) is 1.21. The molecule has 24 heavy (non-hydrogen) atoms. The van der Waals surface area contributed by atoms with Crippen molar-refractivity contribution in [2.45, 2.75) is 18.9 Å². The molecule has 4 rings (SSSR count). The first-order chi connectivity index (χ1) is 11.8. The predicted octanol–water partition coefficient (Wildman–Crippen LogP) is 3.20. The Morgan fingerprint density at radius 3 is 2.75 bits per heavy atom. The molecule has 0 radical (unpaired) electrons. The number of aromatic nitrogens is 4. The van der Waals surface area contributed by atoms with Crippen LogP contribution in [0.4, 0.5) is 5.95 Å². The molecular formula is C16H15ClN6O. The number of fused-ring (bicyclic) bond motifs is 1. The lowest BCUT2D eigenvalue weighted by Crippen LogP contribution is -2.36. The summed E-state index contributed by atoms with van der Waals surface area (Å²) < 4.78 is 1.86. The molecule has 0 bridgehead atoms. The molecule has 7 nitrogen and oxygen atoms in total. The van der Waals surface area contributed by atoms with Gasteiger partial charge in [-0.05, 0) is 25.0 Å². The maximum Gasteiger partial charge on any atom is 0.227 e. The zero-order valence-corrected chi connectivity index (χ0v) is 13.6. The number of nitrogens with zero attached hydrogens (tertiary/aromatic N) is 6. The molecule has 122 valence electrons. The Hall–Kier alpha value is -2.54. The number of rotatable bonds is 3. The highest BCUT2D eigenvalue weighted by Crippen LogP contribution is 2.25. The first kappa shape index (κ1) is 15.0. The number of nitroso groups, excluding NO2 is 1. The SMILES string of the molecule is O=NC1CCN(c2ncc(Cl)c(-n3cnc4ccccc43)n2)CC1. The molecule has 1 aliphatic rings. The molecule has 0 amide bonds. The number of hydrogen-bond acceptors (Lipinski definition) is 6. The quantitative estimate of drug-likeness (QED) is 0.683. The van der Waals surface area contributed by atoms with E-state index in [-0.39, 0.29) is 6.04 Å². The molecule has 0 aliphatic carbocycles. The number of hydrogen-bond donors (Lipinski definition) is 0. The van der Waals surface area contributed by atoms with Crippen molar-refractivity contribution in [3.8, 4) is 5.82 Å². The minimum Gasteiger partial charge on any atom is -0.341 e. The van der Waals surface area contributed by atoms with Gasteiger partial charge in [-0.3, -0.25) is 4.57 Å². The van der Waals surface area contributed by atoms with E-state index in [4.69, 9.17) is 11.6 Å². The Morgan fingerprint density at radius 1 is 1.17 bits per heavy atom. The molecule has 2 aromatic heterocycles. The van der Waals surface area contributed by atoms with Crippen LogP contribution in [0.3, 0.4) is 0 Å². The molecule has 0 saturated carbocycles. The van der Waals surface area contributed by atoms with Crippen molar-refractivity contribution >= 4 is 28.6 Å². The van der Waals surface area contributed by atoms with Gasteiger partial charge in [-0.1, -0.05) is 28.9 Å². The summed E-state index contributed by atoms with van der Waals surface area (Å²) in [5, 5.41) is 3.60. The van der Waals surface area contributed by atoms with E-state index in [2.05, 4.69) is 25.0 Å². The van der Waals surface area contributed by atoms with Gasteiger partial charge in [0.05, 0.1) is 23.3 Å². The van der Waals surface area contributed by atoms with Crippen LogP contribution in [0.1, 0.15) is 12.8 Å². The maximum absolute atomic E-state index is 10.7. The molecular weight excluding hydrogens is 328 g/mol. The fraction of sp³-hybridized carbons (Fsp3) is 0.312. The van der Waals surface area contributed by atoms with Gasteiger partial charge in [0.2, 0.25) is 5.95 Å². The highest BCUT2D eigenvalue weighted by molar-refractivity contribution is 6.32. The van der Waals surface area contributed by atoms with Gasteiger partial charge in [0.25, 0.3) is 0 Å². The maximum atomic E-state index is 10.7. The summed E-state index contributed by atoms with van der Waals surface area (Å²) in [6.45, 7) is 1.42. The van der Waals surface area contributed by atoms with Gasteiger partial charge in [0.15, 0.2) is 5.82 Å². The van der Waals surface area contributed by atoms with Crippen LogP contribution in [0.25, 0.3) is 16.9 Å². The molecule has 3 heterocycles. The molecule has 1 saturated heterocycles. The van der Waals surface area contributed by atoms with Gasteiger partial charge in [0, 0.05) is 13.1 Å². The van der Waals surface area contributed by atoms with Gasteiger partial charge in [-0.25, -0.2) is 9.97 Å². The van der Waals surface area contributed by atoms with E-state index in [1.807, 2.05) is 28.8 Å². The van der Waals surface area contributed by atoms with Crippen LogP contribution in [0.15, 0.2) is 42.0 Å². The standard InChI is InChI=1S/C16H15ClN6O/c17-12-9-18-16(22-7-5-11(21-24)6-8-22)20-15(12)23-10-19-13-3-1-2-4-14(13)23/h1-4,9-11H,5-8H2. The smallest absolute Gasteiger partial charge is 0.227 e. The monoisotopic (exact) mass is 342 g/mol. The van der Waals surface area contributed by atoms with E-state index in [9.17, 15) is 4.91 Å². The van der Waals surface area contributed by atoms with Crippen LogP contribution in [0.2, 0.25) is 5.02 Å².